The van der Waals surface area contributed by atoms with Crippen LogP contribution in [0.3, 0.4) is 0 Å². The molecule has 5 nitrogen and oxygen atoms in total. The summed E-state index contributed by atoms with van der Waals surface area (Å²) < 4.78 is 5.52. The van der Waals surface area contributed by atoms with E-state index in [1.807, 2.05) is 38.1 Å². The number of aryl methyl sites for hydroxylation is 2. The number of carbonyl (C=O) groups excluding carboxylic acids is 2. The van der Waals surface area contributed by atoms with Gasteiger partial charge in [-0.05, 0) is 43.0 Å². The normalized spacial score (nSPS) is 10.5. The molecule has 0 atom stereocenters. The molecule has 0 unspecified atom stereocenters. The number of carbonyl (C=O) groups is 2. The summed E-state index contributed by atoms with van der Waals surface area (Å²) in [5, 5.41) is 3.23. The summed E-state index contributed by atoms with van der Waals surface area (Å²) in [7, 11) is 0. The molecule has 6 heteroatoms. The van der Waals surface area contributed by atoms with Gasteiger partial charge in [0.05, 0.1) is 5.56 Å². The molecule has 0 aliphatic carbocycles. The van der Waals surface area contributed by atoms with E-state index in [0.717, 1.165) is 22.4 Å². The Kier molecular flexibility index (Phi) is 5.98. The molecule has 1 aromatic heterocycles. The first-order valence-electron chi connectivity index (χ1n) is 7.89. The van der Waals surface area contributed by atoms with Gasteiger partial charge in [-0.15, -0.1) is 11.3 Å². The van der Waals surface area contributed by atoms with E-state index < -0.39 is 5.91 Å². The zero-order valence-corrected chi connectivity index (χ0v) is 15.0. The van der Waals surface area contributed by atoms with E-state index in [1.165, 1.54) is 11.3 Å². The van der Waals surface area contributed by atoms with Crippen molar-refractivity contribution in [1.29, 1.82) is 0 Å². The van der Waals surface area contributed by atoms with Gasteiger partial charge in [0.25, 0.3) is 11.8 Å². The van der Waals surface area contributed by atoms with Crippen LogP contribution < -0.4 is 15.8 Å². The van der Waals surface area contributed by atoms with Crippen molar-refractivity contribution >= 4 is 28.2 Å². The molecule has 0 saturated carbocycles. The van der Waals surface area contributed by atoms with Crippen molar-refractivity contribution in [3.63, 3.8) is 0 Å². The second-order valence-corrected chi connectivity index (χ2v) is 6.62. The SMILES string of the molecule is CCc1cccc(OCC(=O)Nc2sc(C)c(CC)c2C(N)=O)c1. The summed E-state index contributed by atoms with van der Waals surface area (Å²) >= 11 is 1.36. The minimum absolute atomic E-state index is 0.121. The molecule has 0 spiro atoms. The first-order chi connectivity index (χ1) is 11.5. The lowest BCUT2D eigenvalue weighted by Gasteiger charge is -2.08. The first kappa shape index (κ1) is 18.0. The average molecular weight is 346 g/mol. The summed E-state index contributed by atoms with van der Waals surface area (Å²) in [4.78, 5) is 24.8. The monoisotopic (exact) mass is 346 g/mol. The van der Waals surface area contributed by atoms with Crippen LogP contribution in [0.15, 0.2) is 24.3 Å². The fraction of sp³-hybridized carbons (Fsp3) is 0.333. The minimum Gasteiger partial charge on any atom is -0.484 e. The molecule has 0 bridgehead atoms. The molecule has 1 aromatic carbocycles. The molecule has 2 aromatic rings. The van der Waals surface area contributed by atoms with Gasteiger partial charge in [0.1, 0.15) is 10.8 Å². The smallest absolute Gasteiger partial charge is 0.262 e. The predicted octanol–water partition coefficient (Wildman–Crippen LogP) is 3.30. The number of nitrogens with one attached hydrogen (secondary N) is 1. The molecule has 2 rings (SSSR count). The molecule has 1 heterocycles. The zero-order valence-electron chi connectivity index (χ0n) is 14.1. The van der Waals surface area contributed by atoms with Crippen molar-refractivity contribution in [3.05, 3.63) is 45.8 Å². The average Bonchev–Trinajstić information content (AvgIpc) is 2.88. The van der Waals surface area contributed by atoms with Gasteiger partial charge < -0.3 is 15.8 Å². The lowest BCUT2D eigenvalue weighted by molar-refractivity contribution is -0.118. The summed E-state index contributed by atoms with van der Waals surface area (Å²) in [6.45, 7) is 5.81. The van der Waals surface area contributed by atoms with Gasteiger partial charge in [0, 0.05) is 4.88 Å². The van der Waals surface area contributed by atoms with Crippen LogP contribution in [0.2, 0.25) is 0 Å². The van der Waals surface area contributed by atoms with Crippen molar-refractivity contribution in [3.8, 4) is 5.75 Å². The Hall–Kier alpha value is -2.34. The van der Waals surface area contributed by atoms with E-state index in [4.69, 9.17) is 10.5 Å². The first-order valence-corrected chi connectivity index (χ1v) is 8.71. The Morgan fingerprint density at radius 3 is 2.62 bits per heavy atom. The molecule has 0 radical (unpaired) electrons. The Morgan fingerprint density at radius 1 is 1.25 bits per heavy atom. The van der Waals surface area contributed by atoms with Crippen LogP contribution in [0.1, 0.15) is 40.2 Å². The lowest BCUT2D eigenvalue weighted by Crippen LogP contribution is -2.22. The Morgan fingerprint density at radius 2 is 2.00 bits per heavy atom. The van der Waals surface area contributed by atoms with Gasteiger partial charge in [-0.2, -0.15) is 0 Å². The lowest BCUT2D eigenvalue weighted by atomic mass is 10.1. The number of nitrogens with two attached hydrogens (primary N) is 1. The number of amides is 2. The summed E-state index contributed by atoms with van der Waals surface area (Å²) in [5.74, 6) is -0.192. The van der Waals surface area contributed by atoms with Gasteiger partial charge in [-0.25, -0.2) is 0 Å². The molecular formula is C18H22N2O3S. The second-order valence-electron chi connectivity index (χ2n) is 5.40. The van der Waals surface area contributed by atoms with Crippen molar-refractivity contribution < 1.29 is 14.3 Å². The zero-order chi connectivity index (χ0) is 17.7. The minimum atomic E-state index is -0.525. The fourth-order valence-electron chi connectivity index (χ4n) is 2.52. The molecule has 0 aliphatic heterocycles. The molecular weight excluding hydrogens is 324 g/mol. The van der Waals surface area contributed by atoms with Crippen molar-refractivity contribution in [1.82, 2.24) is 0 Å². The largest absolute Gasteiger partial charge is 0.484 e. The number of rotatable bonds is 7. The van der Waals surface area contributed by atoms with Crippen LogP contribution in [0.4, 0.5) is 5.00 Å². The van der Waals surface area contributed by atoms with E-state index in [9.17, 15) is 9.59 Å². The van der Waals surface area contributed by atoms with E-state index in [-0.39, 0.29) is 12.5 Å². The van der Waals surface area contributed by atoms with Crippen LogP contribution >= 0.6 is 11.3 Å². The van der Waals surface area contributed by atoms with Crippen molar-refractivity contribution in [2.45, 2.75) is 33.6 Å². The van der Waals surface area contributed by atoms with E-state index in [1.54, 1.807) is 0 Å². The molecule has 0 fully saturated rings. The third-order valence-electron chi connectivity index (χ3n) is 3.74. The topological polar surface area (TPSA) is 81.4 Å². The van der Waals surface area contributed by atoms with Crippen LogP contribution in [0.5, 0.6) is 5.75 Å². The van der Waals surface area contributed by atoms with Crippen LogP contribution in [0.25, 0.3) is 0 Å². The molecule has 0 aliphatic rings. The number of ether oxygens (including phenoxy) is 1. The molecule has 2 amide bonds. The number of anilines is 1. The predicted molar refractivity (Wildman–Crippen MR) is 96.9 cm³/mol. The van der Waals surface area contributed by atoms with Gasteiger partial charge in [-0.1, -0.05) is 26.0 Å². The van der Waals surface area contributed by atoms with E-state index in [2.05, 4.69) is 12.2 Å². The van der Waals surface area contributed by atoms with Crippen molar-refractivity contribution in [2.75, 3.05) is 11.9 Å². The maximum atomic E-state index is 12.1. The second kappa shape index (κ2) is 7.97. The van der Waals surface area contributed by atoms with Crippen LogP contribution in [0, 0.1) is 6.92 Å². The van der Waals surface area contributed by atoms with E-state index in [0.29, 0.717) is 22.7 Å². The third kappa shape index (κ3) is 4.14. The molecule has 0 saturated heterocycles. The summed E-state index contributed by atoms with van der Waals surface area (Å²) in [6, 6.07) is 7.62. The number of hydrogen-bond acceptors (Lipinski definition) is 4. The third-order valence-corrected chi connectivity index (χ3v) is 4.80. The fourth-order valence-corrected chi connectivity index (χ4v) is 3.69. The highest BCUT2D eigenvalue weighted by Gasteiger charge is 2.20. The maximum absolute atomic E-state index is 12.1. The Balaban J connectivity index is 2.06. The number of thiophene rings is 1. The van der Waals surface area contributed by atoms with Gasteiger partial charge in [-0.3, -0.25) is 9.59 Å². The molecule has 24 heavy (non-hydrogen) atoms. The maximum Gasteiger partial charge on any atom is 0.262 e. The molecule has 128 valence electrons. The highest BCUT2D eigenvalue weighted by atomic mass is 32.1. The van der Waals surface area contributed by atoms with Crippen LogP contribution in [-0.2, 0) is 17.6 Å². The van der Waals surface area contributed by atoms with Crippen LogP contribution in [-0.4, -0.2) is 18.4 Å². The summed E-state index contributed by atoms with van der Waals surface area (Å²) in [5.41, 5.74) is 7.90. The molecule has 3 N–H and O–H groups in total. The quantitative estimate of drug-likeness (QED) is 0.807. The summed E-state index contributed by atoms with van der Waals surface area (Å²) in [6.07, 6.45) is 1.59. The van der Waals surface area contributed by atoms with Gasteiger partial charge in [0.2, 0.25) is 0 Å². The van der Waals surface area contributed by atoms with Crippen molar-refractivity contribution in [2.24, 2.45) is 5.73 Å². The Labute approximate surface area is 145 Å². The van der Waals surface area contributed by atoms with Gasteiger partial charge >= 0.3 is 0 Å². The van der Waals surface area contributed by atoms with E-state index >= 15 is 0 Å². The highest BCUT2D eigenvalue weighted by Crippen LogP contribution is 2.33. The number of primary amides is 1. The number of benzene rings is 1. The number of hydrogen-bond donors (Lipinski definition) is 2. The van der Waals surface area contributed by atoms with Gasteiger partial charge in [0.15, 0.2) is 6.61 Å². The highest BCUT2D eigenvalue weighted by molar-refractivity contribution is 7.16. The Bertz CT molecular complexity index is 753. The standard InChI is InChI=1S/C18H22N2O3S/c1-4-12-7-6-8-13(9-12)23-10-15(21)20-18-16(17(19)22)14(5-2)11(3)24-18/h6-9H,4-5,10H2,1-3H3,(H2,19,22)(H,20,21).